The molecule has 194 valence electrons. The van der Waals surface area contributed by atoms with Crippen LogP contribution in [-0.2, 0) is 14.6 Å². The summed E-state index contributed by atoms with van der Waals surface area (Å²) in [6.07, 6.45) is 11.0. The average molecular weight is 517 g/mol. The molecular weight excluding hydrogens is 482 g/mol. The van der Waals surface area contributed by atoms with Crippen LogP contribution in [0.4, 0.5) is 5.69 Å². The Morgan fingerprint density at radius 3 is 2.33 bits per heavy atom. The molecule has 0 bridgehead atoms. The molecule has 0 unspecified atom stereocenters. The molecule has 2 aliphatic rings. The van der Waals surface area contributed by atoms with Crippen LogP contribution >= 0.6 is 0 Å². The van der Waals surface area contributed by atoms with E-state index in [-0.39, 0.29) is 33.2 Å². The summed E-state index contributed by atoms with van der Waals surface area (Å²) >= 11 is 0. The Bertz CT molecular complexity index is 1180. The molecule has 9 nitrogen and oxygen atoms in total. The summed E-state index contributed by atoms with van der Waals surface area (Å²) in [5.41, 5.74) is 1.06. The molecule has 0 spiro atoms. The second-order valence-electron chi connectivity index (χ2n) is 9.96. The molecule has 1 aliphatic heterocycles. The molecule has 2 aromatic rings. The molecule has 0 radical (unpaired) electrons. The molecule has 1 amide bonds. The number of benzene rings is 1. The number of carbonyl (C=O) groups excluding carboxylic acids is 1. The van der Waals surface area contributed by atoms with Gasteiger partial charge in [0.25, 0.3) is 10.8 Å². The molecule has 1 saturated heterocycles. The van der Waals surface area contributed by atoms with Gasteiger partial charge in [-0.25, -0.2) is 18.6 Å². The maximum atomic E-state index is 12.7. The molecule has 1 N–H and O–H groups in total. The second-order valence-corrected chi connectivity index (χ2v) is 12.0. The van der Waals surface area contributed by atoms with Gasteiger partial charge in [-0.3, -0.25) is 4.79 Å². The van der Waals surface area contributed by atoms with Crippen LogP contribution in [0.1, 0.15) is 51.4 Å². The number of rotatable bonds is 8. The lowest BCUT2D eigenvalue weighted by Crippen LogP contribution is -2.40. The minimum Gasteiger partial charge on any atom is -0.472 e. The van der Waals surface area contributed by atoms with E-state index in [4.69, 9.17) is 4.74 Å². The van der Waals surface area contributed by atoms with Crippen molar-refractivity contribution in [1.82, 2.24) is 9.88 Å². The van der Waals surface area contributed by atoms with Gasteiger partial charge in [-0.05, 0) is 55.2 Å². The number of likely N-dealkylation sites (tertiary alicyclic amines) is 1. The van der Waals surface area contributed by atoms with Crippen molar-refractivity contribution in [3.05, 3.63) is 41.4 Å². The van der Waals surface area contributed by atoms with Gasteiger partial charge in [-0.2, -0.15) is 0 Å². The van der Waals surface area contributed by atoms with E-state index in [1.165, 1.54) is 43.7 Å². The van der Waals surface area contributed by atoms with Crippen molar-refractivity contribution in [2.24, 2.45) is 11.8 Å². The molecule has 2 heterocycles. The average Bonchev–Trinajstić information content (AvgIpc) is 2.88. The quantitative estimate of drug-likeness (QED) is 0.512. The first-order chi connectivity index (χ1) is 17.2. The SMILES string of the molecule is CS(=O)(=O)c1ccc(-c2cnc(OCC3CCN(C(=O)CC4CCCCC4)CC3)c([N+](=O)O)c2)cc1. The van der Waals surface area contributed by atoms with Crippen LogP contribution in [0.15, 0.2) is 41.4 Å². The fourth-order valence-electron chi connectivity index (χ4n) is 5.05. The van der Waals surface area contributed by atoms with Crippen molar-refractivity contribution in [2.75, 3.05) is 26.0 Å². The monoisotopic (exact) mass is 516 g/mol. The third kappa shape index (κ3) is 6.60. The lowest BCUT2D eigenvalue weighted by molar-refractivity contribution is -0.730. The van der Waals surface area contributed by atoms with Crippen molar-refractivity contribution in [1.29, 1.82) is 0 Å². The van der Waals surface area contributed by atoms with Crippen LogP contribution in [0, 0.1) is 16.7 Å². The number of sulfone groups is 1. The molecule has 1 aliphatic carbocycles. The number of nitrogens with zero attached hydrogens (tertiary/aromatic N) is 3. The number of piperidine rings is 1. The number of aromatic nitrogens is 1. The van der Waals surface area contributed by atoms with E-state index in [0.717, 1.165) is 31.9 Å². The van der Waals surface area contributed by atoms with Crippen LogP contribution < -0.4 is 4.74 Å². The number of pyridine rings is 1. The number of amides is 1. The Balaban J connectivity index is 1.33. The topological polar surface area (TPSA) is 117 Å². The van der Waals surface area contributed by atoms with Crippen LogP contribution in [-0.4, -0.2) is 60.3 Å². The normalized spacial score (nSPS) is 17.6. The van der Waals surface area contributed by atoms with Crippen molar-refractivity contribution in [2.45, 2.75) is 56.3 Å². The van der Waals surface area contributed by atoms with Gasteiger partial charge in [0.05, 0.1) is 16.4 Å². The zero-order chi connectivity index (χ0) is 25.7. The lowest BCUT2D eigenvalue weighted by Gasteiger charge is -2.33. The highest BCUT2D eigenvalue weighted by molar-refractivity contribution is 7.90. The van der Waals surface area contributed by atoms with E-state index in [9.17, 15) is 23.3 Å². The van der Waals surface area contributed by atoms with E-state index < -0.39 is 9.84 Å². The highest BCUT2D eigenvalue weighted by Crippen LogP contribution is 2.32. The Morgan fingerprint density at radius 1 is 1.06 bits per heavy atom. The summed E-state index contributed by atoms with van der Waals surface area (Å²) in [7, 11) is -3.32. The van der Waals surface area contributed by atoms with Crippen LogP contribution in [0.2, 0.25) is 0 Å². The van der Waals surface area contributed by atoms with Gasteiger partial charge in [-0.15, -0.1) is 0 Å². The molecular formula is C26H34N3O6S+. The second kappa shape index (κ2) is 11.4. The summed E-state index contributed by atoms with van der Waals surface area (Å²) in [6.45, 7) is 1.74. The minimum absolute atomic E-state index is 0.0276. The number of carbonyl (C=O) groups is 1. The minimum atomic E-state index is -3.32. The summed E-state index contributed by atoms with van der Waals surface area (Å²) in [5, 5.41) is 9.63. The number of ether oxygens (including phenoxy) is 1. The first kappa shape index (κ1) is 26.1. The summed E-state index contributed by atoms with van der Waals surface area (Å²) in [4.78, 5) is 30.6. The van der Waals surface area contributed by atoms with Crippen LogP contribution in [0.3, 0.4) is 0 Å². The van der Waals surface area contributed by atoms with E-state index in [1.807, 2.05) is 4.90 Å². The molecule has 4 rings (SSSR count). The zero-order valence-corrected chi connectivity index (χ0v) is 21.5. The van der Waals surface area contributed by atoms with Gasteiger partial charge < -0.3 is 9.64 Å². The fraction of sp³-hybridized carbons (Fsp3) is 0.538. The van der Waals surface area contributed by atoms with Crippen molar-refractivity contribution in [3.8, 4) is 17.0 Å². The van der Waals surface area contributed by atoms with Crippen molar-refractivity contribution >= 4 is 21.4 Å². The van der Waals surface area contributed by atoms with E-state index in [0.29, 0.717) is 43.2 Å². The molecule has 1 aromatic carbocycles. The summed E-state index contributed by atoms with van der Waals surface area (Å²) < 4.78 is 29.2. The Labute approximate surface area is 211 Å². The van der Waals surface area contributed by atoms with Crippen molar-refractivity contribution < 1.29 is 28.1 Å². The first-order valence-electron chi connectivity index (χ1n) is 12.6. The van der Waals surface area contributed by atoms with E-state index in [2.05, 4.69) is 4.98 Å². The smallest absolute Gasteiger partial charge is 0.378 e. The fourth-order valence-corrected chi connectivity index (χ4v) is 5.68. The lowest BCUT2D eigenvalue weighted by atomic mass is 9.86. The molecule has 36 heavy (non-hydrogen) atoms. The Morgan fingerprint density at radius 2 is 1.72 bits per heavy atom. The Hall–Kier alpha value is -3.01. The highest BCUT2D eigenvalue weighted by atomic mass is 32.2. The molecule has 1 saturated carbocycles. The zero-order valence-electron chi connectivity index (χ0n) is 20.6. The van der Waals surface area contributed by atoms with Gasteiger partial charge in [0.2, 0.25) is 5.91 Å². The maximum absolute atomic E-state index is 12.7. The third-order valence-corrected chi connectivity index (χ3v) is 8.39. The molecule has 10 heteroatoms. The summed E-state index contributed by atoms with van der Waals surface area (Å²) in [6, 6.07) is 7.66. The van der Waals surface area contributed by atoms with Gasteiger partial charge >= 0.3 is 5.69 Å². The summed E-state index contributed by atoms with van der Waals surface area (Å²) in [5.74, 6) is 1.04. The number of hydrogen-bond donors (Lipinski definition) is 1. The standard InChI is InChI=1S/C26H34N3O6S/c1-36(33,34)23-9-7-21(8-10-23)22-16-24(29(31)32)26(27-17-22)35-18-20-11-13-28(14-12-20)25(30)15-19-5-3-2-4-6-19/h7-10,16-17,19-20H,2-6,11-15,18H2,1H3,(H,31,32)/q+1. The van der Waals surface area contributed by atoms with Gasteiger partial charge in [0.1, 0.15) is 0 Å². The van der Waals surface area contributed by atoms with Crippen LogP contribution in [0.25, 0.3) is 11.1 Å². The Kier molecular flexibility index (Phi) is 8.23. The van der Waals surface area contributed by atoms with E-state index in [1.54, 1.807) is 12.1 Å². The predicted octanol–water partition coefficient (Wildman–Crippen LogP) is 4.54. The van der Waals surface area contributed by atoms with Crippen LogP contribution in [0.5, 0.6) is 5.88 Å². The first-order valence-corrected chi connectivity index (χ1v) is 14.5. The third-order valence-electron chi connectivity index (χ3n) is 7.27. The molecule has 1 aromatic heterocycles. The number of hydrogen-bond acceptors (Lipinski definition) is 6. The highest BCUT2D eigenvalue weighted by Gasteiger charge is 2.28. The van der Waals surface area contributed by atoms with Gasteiger partial charge in [0, 0.05) is 43.6 Å². The largest absolute Gasteiger partial charge is 0.472 e. The van der Waals surface area contributed by atoms with E-state index >= 15 is 0 Å². The molecule has 0 atom stereocenters. The predicted molar refractivity (Wildman–Crippen MR) is 134 cm³/mol. The maximum Gasteiger partial charge on any atom is 0.378 e. The van der Waals surface area contributed by atoms with Gasteiger partial charge in [-0.1, -0.05) is 31.4 Å². The van der Waals surface area contributed by atoms with Crippen molar-refractivity contribution in [3.63, 3.8) is 0 Å². The van der Waals surface area contributed by atoms with Gasteiger partial charge in [0.15, 0.2) is 9.84 Å². The molecule has 2 fully saturated rings.